The lowest BCUT2D eigenvalue weighted by Gasteiger charge is -2.17. The van der Waals surface area contributed by atoms with E-state index in [1.165, 1.54) is 18.9 Å². The summed E-state index contributed by atoms with van der Waals surface area (Å²) in [7, 11) is 1.38. The predicted molar refractivity (Wildman–Crippen MR) is 88.8 cm³/mol. The van der Waals surface area contributed by atoms with Crippen molar-refractivity contribution in [2.75, 3.05) is 13.4 Å². The molecule has 1 unspecified atom stereocenters. The number of rotatable bonds is 6. The molecule has 2 rings (SSSR count). The summed E-state index contributed by atoms with van der Waals surface area (Å²) < 4.78 is 47.1. The van der Waals surface area contributed by atoms with Gasteiger partial charge in [-0.15, -0.1) is 0 Å². The topological polar surface area (TPSA) is 35.0 Å². The van der Waals surface area contributed by atoms with Gasteiger partial charge in [-0.2, -0.15) is 4.98 Å². The monoisotopic (exact) mass is 356 g/mol. The summed E-state index contributed by atoms with van der Waals surface area (Å²) in [6.07, 6.45) is 3.20. The van der Waals surface area contributed by atoms with E-state index >= 15 is 0 Å². The van der Waals surface area contributed by atoms with E-state index in [0.717, 1.165) is 6.42 Å². The Hall–Kier alpha value is -1.76. The highest BCUT2D eigenvalue weighted by Crippen LogP contribution is 2.37. The molecule has 130 valence electrons. The molecule has 7 heteroatoms. The zero-order valence-electron chi connectivity index (χ0n) is 14.0. The van der Waals surface area contributed by atoms with Crippen LogP contribution in [-0.2, 0) is 6.42 Å². The Morgan fingerprint density at radius 2 is 1.75 bits per heavy atom. The number of ether oxygens (including phenoxy) is 1. The number of halogens is 3. The summed E-state index contributed by atoms with van der Waals surface area (Å²) in [4.78, 5) is 8.60. The van der Waals surface area contributed by atoms with Crippen molar-refractivity contribution in [3.63, 3.8) is 0 Å². The molecule has 0 radical (unpaired) electrons. The largest absolute Gasteiger partial charge is 0.480 e. The van der Waals surface area contributed by atoms with Crippen molar-refractivity contribution in [2.45, 2.75) is 31.8 Å². The van der Waals surface area contributed by atoms with Gasteiger partial charge in [0.15, 0.2) is 5.16 Å². The first-order valence-corrected chi connectivity index (χ1v) is 8.77. The Kier molecular flexibility index (Phi) is 6.10. The Bertz CT molecular complexity index is 717. The molecule has 0 saturated heterocycles. The van der Waals surface area contributed by atoms with Gasteiger partial charge >= 0.3 is 0 Å². The zero-order valence-corrected chi connectivity index (χ0v) is 14.8. The number of benzene rings is 1. The second-order valence-electron chi connectivity index (χ2n) is 5.50. The van der Waals surface area contributed by atoms with Crippen molar-refractivity contribution in [3.8, 4) is 17.0 Å². The summed E-state index contributed by atoms with van der Waals surface area (Å²) in [5.41, 5.74) is 0.273. The van der Waals surface area contributed by atoms with Gasteiger partial charge in [0.25, 0.3) is 0 Å². The van der Waals surface area contributed by atoms with E-state index in [0.29, 0.717) is 29.4 Å². The molecule has 1 heterocycles. The van der Waals surface area contributed by atoms with Gasteiger partial charge in [0, 0.05) is 12.1 Å². The minimum Gasteiger partial charge on any atom is -0.480 e. The van der Waals surface area contributed by atoms with Crippen LogP contribution in [0.4, 0.5) is 13.2 Å². The minimum atomic E-state index is -1.00. The lowest BCUT2D eigenvalue weighted by atomic mass is 9.96. The second-order valence-corrected chi connectivity index (χ2v) is 6.28. The molecule has 3 nitrogen and oxygen atoms in total. The Morgan fingerprint density at radius 1 is 1.12 bits per heavy atom. The molecule has 0 aliphatic heterocycles. The van der Waals surface area contributed by atoms with E-state index in [-0.39, 0.29) is 22.9 Å². The number of nitrogens with zero attached hydrogens (tertiary/aromatic N) is 2. The minimum absolute atomic E-state index is 0.0806. The van der Waals surface area contributed by atoms with E-state index in [1.54, 1.807) is 6.26 Å². The summed E-state index contributed by atoms with van der Waals surface area (Å²) in [5.74, 6) is -2.65. The van der Waals surface area contributed by atoms with Crippen molar-refractivity contribution < 1.29 is 17.9 Å². The average Bonchev–Trinajstić information content (AvgIpc) is 2.54. The molecule has 0 bridgehead atoms. The van der Waals surface area contributed by atoms with Crippen molar-refractivity contribution >= 4 is 11.8 Å². The van der Waals surface area contributed by atoms with E-state index in [2.05, 4.69) is 9.97 Å². The van der Waals surface area contributed by atoms with Crippen LogP contribution in [0.2, 0.25) is 0 Å². The summed E-state index contributed by atoms with van der Waals surface area (Å²) >= 11 is 1.31. The molecule has 0 spiro atoms. The van der Waals surface area contributed by atoms with Crippen molar-refractivity contribution in [1.82, 2.24) is 9.97 Å². The Morgan fingerprint density at radius 3 is 2.25 bits per heavy atom. The number of methoxy groups -OCH3 is 1. The highest BCUT2D eigenvalue weighted by Gasteiger charge is 2.24. The molecule has 2 aromatic rings. The number of thioether (sulfide) groups is 1. The Labute approximate surface area is 143 Å². The number of hydrogen-bond donors (Lipinski definition) is 0. The first-order chi connectivity index (χ1) is 11.4. The van der Waals surface area contributed by atoms with E-state index in [9.17, 15) is 13.2 Å². The summed E-state index contributed by atoms with van der Waals surface area (Å²) in [5, 5.41) is 0.455. The van der Waals surface area contributed by atoms with Crippen LogP contribution in [-0.4, -0.2) is 23.3 Å². The fourth-order valence-corrected chi connectivity index (χ4v) is 2.73. The SMILES string of the molecule is CCC(C)Cc1nc(SC)nc(OC)c1-c1c(F)cc(F)cc1F. The third-order valence-corrected chi connectivity index (χ3v) is 4.35. The van der Waals surface area contributed by atoms with Gasteiger partial charge in [0.05, 0.1) is 23.9 Å². The molecule has 1 aromatic carbocycles. The summed E-state index contributed by atoms with van der Waals surface area (Å²) in [6.45, 7) is 4.05. The van der Waals surface area contributed by atoms with Crippen LogP contribution >= 0.6 is 11.8 Å². The molecule has 24 heavy (non-hydrogen) atoms. The quantitative estimate of drug-likeness (QED) is 0.546. The number of aromatic nitrogens is 2. The zero-order chi connectivity index (χ0) is 17.9. The molecule has 0 fully saturated rings. The smallest absolute Gasteiger partial charge is 0.225 e. The molecule has 1 atom stereocenters. The van der Waals surface area contributed by atoms with Crippen LogP contribution in [0, 0.1) is 23.4 Å². The standard InChI is InChI=1S/C17H19F3N2OS/c1-5-9(2)6-13-15(16(23-3)22-17(21-13)24-4)14-11(19)7-10(18)8-12(14)20/h7-9H,5-6H2,1-4H3. The van der Waals surface area contributed by atoms with Crippen LogP contribution in [0.3, 0.4) is 0 Å². The van der Waals surface area contributed by atoms with Gasteiger partial charge in [-0.25, -0.2) is 18.2 Å². The normalized spacial score (nSPS) is 12.3. The van der Waals surface area contributed by atoms with Gasteiger partial charge < -0.3 is 4.74 Å². The first-order valence-electron chi connectivity index (χ1n) is 7.55. The maximum absolute atomic E-state index is 14.3. The predicted octanol–water partition coefficient (Wildman–Crippen LogP) is 4.88. The van der Waals surface area contributed by atoms with E-state index in [4.69, 9.17) is 4.74 Å². The van der Waals surface area contributed by atoms with Crippen LogP contribution in [0.1, 0.15) is 26.0 Å². The molecule has 0 amide bonds. The van der Waals surface area contributed by atoms with Gasteiger partial charge in [-0.3, -0.25) is 0 Å². The molecule has 0 aliphatic carbocycles. The van der Waals surface area contributed by atoms with Gasteiger partial charge in [0.2, 0.25) is 5.88 Å². The van der Waals surface area contributed by atoms with Crippen LogP contribution in [0.5, 0.6) is 5.88 Å². The van der Waals surface area contributed by atoms with Crippen LogP contribution < -0.4 is 4.74 Å². The van der Waals surface area contributed by atoms with Gasteiger partial charge in [-0.1, -0.05) is 32.0 Å². The lowest BCUT2D eigenvalue weighted by molar-refractivity contribution is 0.391. The van der Waals surface area contributed by atoms with Crippen LogP contribution in [0.25, 0.3) is 11.1 Å². The fourth-order valence-electron chi connectivity index (χ4n) is 2.36. The lowest BCUT2D eigenvalue weighted by Crippen LogP contribution is -2.09. The molecule has 0 aliphatic rings. The van der Waals surface area contributed by atoms with Crippen molar-refractivity contribution in [1.29, 1.82) is 0 Å². The first kappa shape index (κ1) is 18.6. The highest BCUT2D eigenvalue weighted by atomic mass is 32.2. The molecule has 1 aromatic heterocycles. The van der Waals surface area contributed by atoms with Crippen molar-refractivity contribution in [3.05, 3.63) is 35.3 Å². The molecule has 0 N–H and O–H groups in total. The van der Waals surface area contributed by atoms with E-state index in [1.807, 2.05) is 13.8 Å². The fraction of sp³-hybridized carbons (Fsp3) is 0.412. The number of hydrogen-bond acceptors (Lipinski definition) is 4. The summed E-state index contributed by atoms with van der Waals surface area (Å²) in [6, 6.07) is 1.29. The molecule has 0 saturated carbocycles. The maximum atomic E-state index is 14.3. The highest BCUT2D eigenvalue weighted by molar-refractivity contribution is 7.98. The Balaban J connectivity index is 2.75. The van der Waals surface area contributed by atoms with Gasteiger partial charge in [0.1, 0.15) is 17.5 Å². The molecular weight excluding hydrogens is 337 g/mol. The second kappa shape index (κ2) is 7.88. The van der Waals surface area contributed by atoms with E-state index < -0.39 is 17.5 Å². The third kappa shape index (κ3) is 3.83. The van der Waals surface area contributed by atoms with Crippen molar-refractivity contribution in [2.24, 2.45) is 5.92 Å². The molecular formula is C17H19F3N2OS. The van der Waals surface area contributed by atoms with Crippen LogP contribution in [0.15, 0.2) is 17.3 Å². The average molecular weight is 356 g/mol. The van der Waals surface area contributed by atoms with Gasteiger partial charge in [-0.05, 0) is 18.6 Å². The maximum Gasteiger partial charge on any atom is 0.225 e. The third-order valence-electron chi connectivity index (χ3n) is 3.80.